The fourth-order valence-corrected chi connectivity index (χ4v) is 1.86. The molecule has 19 heavy (non-hydrogen) atoms. The number of H-pyrrole nitrogens is 1. The summed E-state index contributed by atoms with van der Waals surface area (Å²) in [4.78, 5) is 27.2. The van der Waals surface area contributed by atoms with Crippen molar-refractivity contribution in [2.75, 3.05) is 13.2 Å². The maximum atomic E-state index is 11.9. The number of carbonyl (C=O) groups is 2. The Morgan fingerprint density at radius 2 is 2.37 bits per heavy atom. The summed E-state index contributed by atoms with van der Waals surface area (Å²) in [7, 11) is 0. The van der Waals surface area contributed by atoms with Gasteiger partial charge in [-0.25, -0.2) is 4.98 Å². The molecule has 2 unspecified atom stereocenters. The molecule has 2 rings (SSSR count). The van der Waals surface area contributed by atoms with Crippen LogP contribution in [0, 0.1) is 5.41 Å². The summed E-state index contributed by atoms with van der Waals surface area (Å²) >= 11 is 0. The summed E-state index contributed by atoms with van der Waals surface area (Å²) in [6.45, 7) is 3.66. The minimum absolute atomic E-state index is 0.0106. The van der Waals surface area contributed by atoms with Gasteiger partial charge in [-0.05, 0) is 6.92 Å². The van der Waals surface area contributed by atoms with Gasteiger partial charge in [0, 0.05) is 6.42 Å². The third-order valence-corrected chi connectivity index (χ3v) is 3.32. The lowest BCUT2D eigenvalue weighted by Crippen LogP contribution is -2.49. The molecule has 0 spiro atoms. The predicted octanol–water partition coefficient (Wildman–Crippen LogP) is -0.413. The van der Waals surface area contributed by atoms with Gasteiger partial charge in [-0.2, -0.15) is 0 Å². The molecule has 1 aromatic heterocycles. The van der Waals surface area contributed by atoms with Crippen molar-refractivity contribution in [3.63, 3.8) is 0 Å². The Morgan fingerprint density at radius 1 is 1.63 bits per heavy atom. The van der Waals surface area contributed by atoms with E-state index in [0.717, 1.165) is 0 Å². The van der Waals surface area contributed by atoms with Crippen LogP contribution in [-0.2, 0) is 16.0 Å². The largest absolute Gasteiger partial charge is 0.481 e. The summed E-state index contributed by atoms with van der Waals surface area (Å²) in [6.07, 6.45) is 0.639. The van der Waals surface area contributed by atoms with Crippen LogP contribution in [0.25, 0.3) is 0 Å². The van der Waals surface area contributed by atoms with Crippen LogP contribution in [-0.4, -0.2) is 51.4 Å². The van der Waals surface area contributed by atoms with Crippen LogP contribution in [0.3, 0.4) is 0 Å². The SMILES string of the molecule is CCc1nc(C(=O)NC2COCC2(C)C(=O)O)n[nH]1. The average Bonchev–Trinajstić information content (AvgIpc) is 2.97. The van der Waals surface area contributed by atoms with Crippen molar-refractivity contribution < 1.29 is 19.4 Å². The van der Waals surface area contributed by atoms with E-state index in [9.17, 15) is 14.7 Å². The number of hydrogen-bond acceptors (Lipinski definition) is 5. The van der Waals surface area contributed by atoms with Gasteiger partial charge in [-0.1, -0.05) is 6.92 Å². The van der Waals surface area contributed by atoms with Crippen molar-refractivity contribution in [1.29, 1.82) is 0 Å². The number of ether oxygens (including phenoxy) is 1. The average molecular weight is 268 g/mol. The highest BCUT2D eigenvalue weighted by Crippen LogP contribution is 2.28. The Balaban J connectivity index is 2.08. The molecule has 0 saturated carbocycles. The second kappa shape index (κ2) is 4.96. The van der Waals surface area contributed by atoms with Crippen molar-refractivity contribution >= 4 is 11.9 Å². The van der Waals surface area contributed by atoms with Gasteiger partial charge in [0.1, 0.15) is 11.2 Å². The second-order valence-electron chi connectivity index (χ2n) is 4.72. The lowest BCUT2D eigenvalue weighted by Gasteiger charge is -2.24. The van der Waals surface area contributed by atoms with Gasteiger partial charge < -0.3 is 15.2 Å². The molecule has 1 aliphatic rings. The summed E-state index contributed by atoms with van der Waals surface area (Å²) in [5, 5.41) is 18.2. The Bertz CT molecular complexity index is 501. The van der Waals surface area contributed by atoms with Crippen LogP contribution in [0.1, 0.15) is 30.3 Å². The van der Waals surface area contributed by atoms with E-state index in [1.165, 1.54) is 0 Å². The molecule has 1 aromatic rings. The molecule has 8 heteroatoms. The first kappa shape index (κ1) is 13.5. The number of nitrogens with zero attached hydrogens (tertiary/aromatic N) is 2. The van der Waals surface area contributed by atoms with Gasteiger partial charge in [0.25, 0.3) is 5.91 Å². The number of carbonyl (C=O) groups excluding carboxylic acids is 1. The molecule has 2 heterocycles. The number of amides is 1. The third-order valence-electron chi connectivity index (χ3n) is 3.32. The molecule has 1 amide bonds. The molecule has 1 fully saturated rings. The van der Waals surface area contributed by atoms with Gasteiger partial charge in [-0.15, -0.1) is 5.10 Å². The van der Waals surface area contributed by atoms with E-state index in [1.54, 1.807) is 6.92 Å². The standard InChI is InChI=1S/C11H16N4O4/c1-3-7-13-8(15-14-7)9(16)12-6-4-19-5-11(6,2)10(17)18/h6H,3-5H2,1-2H3,(H,12,16)(H,17,18)(H,13,14,15). The topological polar surface area (TPSA) is 117 Å². The van der Waals surface area contributed by atoms with Gasteiger partial charge in [0.05, 0.1) is 19.3 Å². The monoisotopic (exact) mass is 268 g/mol. The summed E-state index contributed by atoms with van der Waals surface area (Å²) < 4.78 is 5.15. The van der Waals surface area contributed by atoms with Crippen LogP contribution in [0.2, 0.25) is 0 Å². The van der Waals surface area contributed by atoms with E-state index >= 15 is 0 Å². The van der Waals surface area contributed by atoms with Crippen molar-refractivity contribution in [1.82, 2.24) is 20.5 Å². The molecule has 3 N–H and O–H groups in total. The Hall–Kier alpha value is -1.96. The minimum Gasteiger partial charge on any atom is -0.481 e. The molecule has 8 nitrogen and oxygen atoms in total. The summed E-state index contributed by atoms with van der Waals surface area (Å²) in [5.41, 5.74) is -1.13. The first-order valence-electron chi connectivity index (χ1n) is 6.00. The maximum Gasteiger partial charge on any atom is 0.313 e. The molecule has 0 aromatic carbocycles. The van der Waals surface area contributed by atoms with Crippen molar-refractivity contribution in [2.45, 2.75) is 26.3 Å². The minimum atomic E-state index is -1.13. The Morgan fingerprint density at radius 3 is 2.95 bits per heavy atom. The van der Waals surface area contributed by atoms with Gasteiger partial charge in [-0.3, -0.25) is 14.7 Å². The van der Waals surface area contributed by atoms with E-state index < -0.39 is 23.3 Å². The number of aromatic amines is 1. The van der Waals surface area contributed by atoms with E-state index in [2.05, 4.69) is 20.5 Å². The normalized spacial score (nSPS) is 26.3. The molecular formula is C11H16N4O4. The zero-order valence-corrected chi connectivity index (χ0v) is 10.8. The molecular weight excluding hydrogens is 252 g/mol. The number of rotatable bonds is 4. The van der Waals surface area contributed by atoms with E-state index in [4.69, 9.17) is 4.74 Å². The van der Waals surface area contributed by atoms with Crippen LogP contribution in [0.4, 0.5) is 0 Å². The van der Waals surface area contributed by atoms with Crippen LogP contribution in [0.5, 0.6) is 0 Å². The molecule has 1 aliphatic heterocycles. The van der Waals surface area contributed by atoms with Crippen LogP contribution >= 0.6 is 0 Å². The van der Waals surface area contributed by atoms with Gasteiger partial charge in [0.15, 0.2) is 0 Å². The smallest absolute Gasteiger partial charge is 0.313 e. The number of aromatic nitrogens is 3. The molecule has 0 radical (unpaired) electrons. The van der Waals surface area contributed by atoms with Crippen LogP contribution in [0.15, 0.2) is 0 Å². The fraction of sp³-hybridized carbons (Fsp3) is 0.636. The first-order chi connectivity index (χ1) is 8.97. The number of aliphatic carboxylic acids is 1. The van der Waals surface area contributed by atoms with Gasteiger partial charge in [0.2, 0.25) is 5.82 Å². The summed E-state index contributed by atoms with van der Waals surface area (Å²) in [5.74, 6) is -0.885. The molecule has 1 saturated heterocycles. The Kier molecular flexibility index (Phi) is 3.52. The number of carboxylic acid groups (broad SMARTS) is 1. The second-order valence-corrected chi connectivity index (χ2v) is 4.72. The lowest BCUT2D eigenvalue weighted by atomic mass is 9.85. The van der Waals surface area contributed by atoms with Crippen LogP contribution < -0.4 is 5.32 Å². The first-order valence-corrected chi connectivity index (χ1v) is 6.00. The highest BCUT2D eigenvalue weighted by atomic mass is 16.5. The number of carboxylic acids is 1. The zero-order valence-electron chi connectivity index (χ0n) is 10.8. The third kappa shape index (κ3) is 2.43. The van der Waals surface area contributed by atoms with E-state index in [0.29, 0.717) is 12.2 Å². The molecule has 2 atom stereocenters. The molecule has 104 valence electrons. The quantitative estimate of drug-likeness (QED) is 0.683. The molecule has 0 aliphatic carbocycles. The fourth-order valence-electron chi connectivity index (χ4n) is 1.86. The highest BCUT2D eigenvalue weighted by Gasteiger charge is 2.47. The van der Waals surface area contributed by atoms with Crippen molar-refractivity contribution in [3.8, 4) is 0 Å². The van der Waals surface area contributed by atoms with Gasteiger partial charge >= 0.3 is 5.97 Å². The number of hydrogen-bond donors (Lipinski definition) is 3. The number of nitrogens with one attached hydrogen (secondary N) is 2. The predicted molar refractivity (Wildman–Crippen MR) is 63.6 cm³/mol. The van der Waals surface area contributed by atoms with E-state index in [-0.39, 0.29) is 19.0 Å². The highest BCUT2D eigenvalue weighted by molar-refractivity contribution is 5.91. The van der Waals surface area contributed by atoms with Crippen molar-refractivity contribution in [2.24, 2.45) is 5.41 Å². The maximum absolute atomic E-state index is 11.9. The summed E-state index contributed by atoms with van der Waals surface area (Å²) in [6, 6.07) is -0.596. The van der Waals surface area contributed by atoms with Crippen molar-refractivity contribution in [3.05, 3.63) is 11.6 Å². The zero-order chi connectivity index (χ0) is 14.0. The Labute approximate surface area is 109 Å². The lowest BCUT2D eigenvalue weighted by molar-refractivity contribution is -0.148. The molecule has 0 bridgehead atoms. The van der Waals surface area contributed by atoms with E-state index in [1.807, 2.05) is 6.92 Å². The number of aryl methyl sites for hydroxylation is 1.